The molecule has 0 saturated heterocycles. The van der Waals surface area contributed by atoms with E-state index in [0.717, 1.165) is 11.1 Å². The Morgan fingerprint density at radius 1 is 1.08 bits per heavy atom. The summed E-state index contributed by atoms with van der Waals surface area (Å²) in [5, 5.41) is 2.78. The van der Waals surface area contributed by atoms with Crippen LogP contribution in [0.4, 0.5) is 10.5 Å². The molecule has 26 heavy (non-hydrogen) atoms. The summed E-state index contributed by atoms with van der Waals surface area (Å²) in [6.07, 6.45) is -0.0623. The zero-order valence-electron chi connectivity index (χ0n) is 16.9. The summed E-state index contributed by atoms with van der Waals surface area (Å²) in [6, 6.07) is 5.14. The number of nitrogens with two attached hydrogens (primary N) is 1. The van der Waals surface area contributed by atoms with Crippen LogP contribution in [-0.2, 0) is 20.7 Å². The highest BCUT2D eigenvalue weighted by molar-refractivity contribution is 5.73. The minimum atomic E-state index is -0.617. The lowest BCUT2D eigenvalue weighted by molar-refractivity contribution is -0.155. The minimum Gasteiger partial charge on any atom is -0.460 e. The zero-order chi connectivity index (χ0) is 20.1. The molecule has 1 atom stereocenters. The van der Waals surface area contributed by atoms with Crippen LogP contribution in [0.5, 0.6) is 0 Å². The van der Waals surface area contributed by atoms with E-state index in [0.29, 0.717) is 12.1 Å². The van der Waals surface area contributed by atoms with Crippen LogP contribution in [0, 0.1) is 6.92 Å². The first kappa shape index (κ1) is 21.8. The fourth-order valence-corrected chi connectivity index (χ4v) is 2.41. The molecule has 0 saturated carbocycles. The first-order chi connectivity index (χ1) is 11.7. The molecule has 0 spiro atoms. The number of esters is 1. The normalized spacial score (nSPS) is 13.0. The van der Waals surface area contributed by atoms with E-state index in [1.807, 2.05) is 45.9 Å². The minimum absolute atomic E-state index is 0.0464. The van der Waals surface area contributed by atoms with E-state index in [-0.39, 0.29) is 12.4 Å². The highest BCUT2D eigenvalue weighted by Gasteiger charge is 2.25. The van der Waals surface area contributed by atoms with Crippen LogP contribution in [0.1, 0.15) is 59.1 Å². The van der Waals surface area contributed by atoms with Gasteiger partial charge in [0, 0.05) is 11.7 Å². The number of hydrogen-bond donors (Lipinski definition) is 2. The monoisotopic (exact) mass is 364 g/mol. The highest BCUT2D eigenvalue weighted by atomic mass is 16.6. The number of amides is 1. The van der Waals surface area contributed by atoms with Crippen LogP contribution in [-0.4, -0.2) is 29.3 Å². The standard InChI is InChI=1S/C20H32N2O4/c1-13-8-9-15(21)10-14(13)11-16(12-17(23)25-19(2,3)4)22-18(24)26-20(5,6)7/h8-10,16H,11-12,21H2,1-7H3,(H,22,24)/t16-/m0/s1. The van der Waals surface area contributed by atoms with Crippen LogP contribution in [0.2, 0.25) is 0 Å². The molecule has 6 nitrogen and oxygen atoms in total. The molecule has 0 radical (unpaired) electrons. The van der Waals surface area contributed by atoms with Crippen LogP contribution in [0.25, 0.3) is 0 Å². The number of anilines is 1. The van der Waals surface area contributed by atoms with E-state index in [1.54, 1.807) is 20.8 Å². The Morgan fingerprint density at radius 2 is 1.65 bits per heavy atom. The maximum atomic E-state index is 12.2. The Hall–Kier alpha value is -2.24. The summed E-state index contributed by atoms with van der Waals surface area (Å²) in [6.45, 7) is 12.8. The molecular formula is C20H32N2O4. The number of carbonyl (C=O) groups excluding carboxylic acids is 2. The summed E-state index contributed by atoms with van der Waals surface area (Å²) in [5.74, 6) is -0.375. The lowest BCUT2D eigenvalue weighted by Crippen LogP contribution is -2.42. The number of ether oxygens (including phenoxy) is 2. The van der Waals surface area contributed by atoms with Crippen molar-refractivity contribution in [3.63, 3.8) is 0 Å². The summed E-state index contributed by atoms with van der Waals surface area (Å²) >= 11 is 0. The fourth-order valence-electron chi connectivity index (χ4n) is 2.41. The maximum absolute atomic E-state index is 12.2. The molecule has 0 unspecified atom stereocenters. The van der Waals surface area contributed by atoms with Crippen molar-refractivity contribution in [2.45, 2.75) is 78.6 Å². The smallest absolute Gasteiger partial charge is 0.407 e. The molecule has 0 fully saturated rings. The van der Waals surface area contributed by atoms with Gasteiger partial charge < -0.3 is 20.5 Å². The molecule has 6 heteroatoms. The molecular weight excluding hydrogens is 332 g/mol. The molecule has 0 aromatic heterocycles. The van der Waals surface area contributed by atoms with Gasteiger partial charge in [-0.05, 0) is 78.1 Å². The molecule has 0 heterocycles. The predicted octanol–water partition coefficient (Wildman–Crippen LogP) is 3.74. The van der Waals surface area contributed by atoms with Crippen molar-refractivity contribution in [1.82, 2.24) is 5.32 Å². The maximum Gasteiger partial charge on any atom is 0.407 e. The summed E-state index contributed by atoms with van der Waals surface area (Å²) in [4.78, 5) is 24.4. The average Bonchev–Trinajstić information content (AvgIpc) is 2.38. The van der Waals surface area contributed by atoms with Gasteiger partial charge in [0.15, 0.2) is 0 Å². The first-order valence-corrected chi connectivity index (χ1v) is 8.81. The molecule has 1 aromatic carbocycles. The second-order valence-electron chi connectivity index (χ2n) is 8.52. The van der Waals surface area contributed by atoms with E-state index in [9.17, 15) is 9.59 Å². The molecule has 0 aliphatic carbocycles. The summed E-state index contributed by atoms with van der Waals surface area (Å²) in [7, 11) is 0. The molecule has 1 aromatic rings. The van der Waals surface area contributed by atoms with Gasteiger partial charge >= 0.3 is 12.1 Å². The van der Waals surface area contributed by atoms with E-state index >= 15 is 0 Å². The number of rotatable bonds is 5. The number of carbonyl (C=O) groups is 2. The van der Waals surface area contributed by atoms with Gasteiger partial charge in [0.05, 0.1) is 6.42 Å². The largest absolute Gasteiger partial charge is 0.460 e. The van der Waals surface area contributed by atoms with Crippen molar-refractivity contribution < 1.29 is 19.1 Å². The predicted molar refractivity (Wildman–Crippen MR) is 103 cm³/mol. The van der Waals surface area contributed by atoms with E-state index in [1.165, 1.54) is 0 Å². The lowest BCUT2D eigenvalue weighted by atomic mass is 9.98. The Balaban J connectivity index is 2.91. The molecule has 1 rings (SSSR count). The topological polar surface area (TPSA) is 90.7 Å². The van der Waals surface area contributed by atoms with Crippen molar-refractivity contribution in [2.75, 3.05) is 5.73 Å². The number of aryl methyl sites for hydroxylation is 1. The number of hydrogen-bond acceptors (Lipinski definition) is 5. The van der Waals surface area contributed by atoms with Crippen molar-refractivity contribution in [3.8, 4) is 0 Å². The molecule has 1 amide bonds. The van der Waals surface area contributed by atoms with Gasteiger partial charge in [0.25, 0.3) is 0 Å². The second-order valence-corrected chi connectivity index (χ2v) is 8.52. The fraction of sp³-hybridized carbons (Fsp3) is 0.600. The summed E-state index contributed by atoms with van der Waals surface area (Å²) < 4.78 is 10.7. The van der Waals surface area contributed by atoms with Gasteiger partial charge in [0.1, 0.15) is 11.2 Å². The van der Waals surface area contributed by atoms with Crippen molar-refractivity contribution in [2.24, 2.45) is 0 Å². The molecule has 146 valence electrons. The van der Waals surface area contributed by atoms with Crippen LogP contribution in [0.3, 0.4) is 0 Å². The van der Waals surface area contributed by atoms with Gasteiger partial charge in [-0.1, -0.05) is 6.07 Å². The van der Waals surface area contributed by atoms with Gasteiger partial charge in [-0.15, -0.1) is 0 Å². The molecule has 3 N–H and O–H groups in total. The number of benzene rings is 1. The third-order valence-corrected chi connectivity index (χ3v) is 3.39. The van der Waals surface area contributed by atoms with Gasteiger partial charge in [-0.3, -0.25) is 4.79 Å². The van der Waals surface area contributed by atoms with Crippen molar-refractivity contribution >= 4 is 17.7 Å². The van der Waals surface area contributed by atoms with Crippen LogP contribution < -0.4 is 11.1 Å². The van der Waals surface area contributed by atoms with E-state index in [4.69, 9.17) is 15.2 Å². The Kier molecular flexibility index (Phi) is 7.07. The molecule has 0 aliphatic heterocycles. The van der Waals surface area contributed by atoms with Crippen molar-refractivity contribution in [1.29, 1.82) is 0 Å². The lowest BCUT2D eigenvalue weighted by Gasteiger charge is -2.25. The zero-order valence-corrected chi connectivity index (χ0v) is 16.9. The second kappa shape index (κ2) is 8.43. The SMILES string of the molecule is Cc1ccc(N)cc1C[C@@H](CC(=O)OC(C)(C)C)NC(=O)OC(C)(C)C. The molecule has 0 aliphatic rings. The number of nitrogen functional groups attached to an aromatic ring is 1. The Bertz CT molecular complexity index is 612. The summed E-state index contributed by atoms with van der Waals surface area (Å²) in [5.41, 5.74) is 7.31. The number of alkyl carbamates (subject to hydrolysis) is 1. The van der Waals surface area contributed by atoms with Crippen LogP contribution >= 0.6 is 0 Å². The first-order valence-electron chi connectivity index (χ1n) is 8.81. The van der Waals surface area contributed by atoms with Crippen molar-refractivity contribution in [3.05, 3.63) is 29.3 Å². The van der Waals surface area contributed by atoms with E-state index in [2.05, 4.69) is 5.32 Å². The third-order valence-electron chi connectivity index (χ3n) is 3.39. The number of nitrogens with one attached hydrogen (secondary N) is 1. The van der Waals surface area contributed by atoms with E-state index < -0.39 is 23.3 Å². The Labute approximate surface area is 156 Å². The van der Waals surface area contributed by atoms with Gasteiger partial charge in [-0.25, -0.2) is 4.79 Å². The highest BCUT2D eigenvalue weighted by Crippen LogP contribution is 2.18. The van der Waals surface area contributed by atoms with Crippen LogP contribution in [0.15, 0.2) is 18.2 Å². The molecule has 0 bridgehead atoms. The Morgan fingerprint density at radius 3 is 2.19 bits per heavy atom. The average molecular weight is 364 g/mol. The quantitative estimate of drug-likeness (QED) is 0.613. The van der Waals surface area contributed by atoms with Gasteiger partial charge in [0.2, 0.25) is 0 Å². The van der Waals surface area contributed by atoms with Gasteiger partial charge in [-0.2, -0.15) is 0 Å². The third kappa shape index (κ3) is 8.74.